The van der Waals surface area contributed by atoms with E-state index in [-0.39, 0.29) is 11.7 Å². The van der Waals surface area contributed by atoms with Crippen LogP contribution in [0.5, 0.6) is 0 Å². The minimum Gasteiger partial charge on any atom is -0.314 e. The smallest absolute Gasteiger partial charge is 0.256 e. The summed E-state index contributed by atoms with van der Waals surface area (Å²) in [6.45, 7) is 4.66. The molecule has 0 spiro atoms. The average Bonchev–Trinajstić information content (AvgIpc) is 3.27. The second-order valence-corrected chi connectivity index (χ2v) is 7.08. The van der Waals surface area contributed by atoms with Gasteiger partial charge in [0.2, 0.25) is 10.0 Å². The van der Waals surface area contributed by atoms with Crippen LogP contribution >= 0.6 is 0 Å². The molecule has 0 unspecified atom stereocenters. The summed E-state index contributed by atoms with van der Waals surface area (Å²) in [6.07, 6.45) is 4.43. The van der Waals surface area contributed by atoms with E-state index in [1.165, 1.54) is 12.8 Å². The Morgan fingerprint density at radius 1 is 1.14 bits per heavy atom. The molecule has 0 atom stereocenters. The summed E-state index contributed by atoms with van der Waals surface area (Å²) in [5.74, 6) is 0.131. The number of hydrogen-bond donors (Lipinski definition) is 2. The zero-order valence-electron chi connectivity index (χ0n) is 12.6. The molecule has 1 aliphatic rings. The molecule has 1 saturated carbocycles. The molecular weight excluding hydrogens is 290 g/mol. The van der Waals surface area contributed by atoms with Crippen molar-refractivity contribution in [3.8, 4) is 0 Å². The number of anilines is 1. The molecule has 0 saturated heterocycles. The average molecular weight is 313 g/mol. The lowest BCUT2D eigenvalue weighted by atomic mass is 10.2. The van der Waals surface area contributed by atoms with Crippen molar-refractivity contribution >= 4 is 16.0 Å². The van der Waals surface area contributed by atoms with Gasteiger partial charge in [0.05, 0.1) is 17.1 Å². The first kappa shape index (κ1) is 16.1. The summed E-state index contributed by atoms with van der Waals surface area (Å²) in [7, 11) is -3.41. The highest BCUT2D eigenvalue weighted by atomic mass is 32.2. The summed E-state index contributed by atoms with van der Waals surface area (Å²) in [5, 5.41) is 11.2. The summed E-state index contributed by atoms with van der Waals surface area (Å²) in [6, 6.07) is 0.599. The van der Waals surface area contributed by atoms with Crippen molar-refractivity contribution in [2.24, 2.45) is 0 Å². The summed E-state index contributed by atoms with van der Waals surface area (Å²) in [5.41, 5.74) is 1.61. The Balaban J connectivity index is 1.88. The highest BCUT2D eigenvalue weighted by molar-refractivity contribution is 7.92. The second kappa shape index (κ2) is 7.13. The first-order chi connectivity index (χ1) is 10.0. The lowest BCUT2D eigenvalue weighted by molar-refractivity contribution is 0.592. The Morgan fingerprint density at radius 3 is 2.48 bits per heavy atom. The summed E-state index contributed by atoms with van der Waals surface area (Å²) >= 11 is 0. The fourth-order valence-corrected chi connectivity index (χ4v) is 3.02. The van der Waals surface area contributed by atoms with E-state index >= 15 is 0 Å². The van der Waals surface area contributed by atoms with Crippen molar-refractivity contribution in [1.82, 2.24) is 20.5 Å². The molecule has 7 nitrogen and oxygen atoms in total. The minimum atomic E-state index is -3.41. The highest BCUT2D eigenvalue weighted by Gasteiger charge is 2.20. The summed E-state index contributed by atoms with van der Waals surface area (Å²) in [4.78, 5) is 4.23. The van der Waals surface area contributed by atoms with E-state index in [0.717, 1.165) is 24.4 Å². The van der Waals surface area contributed by atoms with Crippen LogP contribution in [0.2, 0.25) is 0 Å². The number of aryl methyl sites for hydroxylation is 2. The van der Waals surface area contributed by atoms with Gasteiger partial charge in [0.15, 0.2) is 0 Å². The van der Waals surface area contributed by atoms with Crippen LogP contribution in [-0.2, 0) is 22.9 Å². The van der Waals surface area contributed by atoms with Gasteiger partial charge in [-0.1, -0.05) is 13.8 Å². The molecule has 0 radical (unpaired) electrons. The quantitative estimate of drug-likeness (QED) is 0.657. The molecule has 1 heterocycles. The molecule has 0 aromatic carbocycles. The number of hydrogen-bond acceptors (Lipinski definition) is 6. The van der Waals surface area contributed by atoms with Gasteiger partial charge in [-0.15, -0.1) is 10.2 Å². The molecule has 1 aliphatic carbocycles. The lowest BCUT2D eigenvalue weighted by Gasteiger charge is -2.09. The molecule has 2 rings (SSSR count). The zero-order valence-corrected chi connectivity index (χ0v) is 13.4. The number of sulfonamides is 1. The molecule has 0 amide bonds. The largest absolute Gasteiger partial charge is 0.314 e. The van der Waals surface area contributed by atoms with Crippen LogP contribution in [-0.4, -0.2) is 41.9 Å². The lowest BCUT2D eigenvalue weighted by Crippen LogP contribution is -2.24. The molecule has 1 aromatic rings. The van der Waals surface area contributed by atoms with Crippen molar-refractivity contribution < 1.29 is 8.42 Å². The molecule has 8 heteroatoms. The maximum absolute atomic E-state index is 12.0. The molecule has 0 aliphatic heterocycles. The monoisotopic (exact) mass is 313 g/mol. The van der Waals surface area contributed by atoms with Gasteiger partial charge in [-0.05, 0) is 38.6 Å². The number of aromatic nitrogens is 3. The van der Waals surface area contributed by atoms with E-state index < -0.39 is 10.0 Å². The van der Waals surface area contributed by atoms with E-state index in [1.54, 1.807) is 0 Å². The van der Waals surface area contributed by atoms with Crippen LogP contribution in [0.15, 0.2) is 0 Å². The normalized spacial score (nSPS) is 15.1. The molecule has 1 fully saturated rings. The van der Waals surface area contributed by atoms with Gasteiger partial charge in [0.25, 0.3) is 5.95 Å². The second-order valence-electron chi connectivity index (χ2n) is 5.24. The third kappa shape index (κ3) is 5.20. The third-order valence-electron chi connectivity index (χ3n) is 3.36. The number of rotatable bonds is 9. The van der Waals surface area contributed by atoms with Crippen molar-refractivity contribution in [2.75, 3.05) is 17.0 Å². The Morgan fingerprint density at radius 2 is 1.86 bits per heavy atom. The van der Waals surface area contributed by atoms with Crippen LogP contribution in [0.1, 0.15) is 44.5 Å². The molecular formula is C13H23N5O2S. The Bertz CT molecular complexity index is 572. The number of nitrogens with one attached hydrogen (secondary N) is 2. The van der Waals surface area contributed by atoms with Gasteiger partial charge in [-0.3, -0.25) is 0 Å². The van der Waals surface area contributed by atoms with Gasteiger partial charge in [-0.2, -0.15) is 0 Å². The topological polar surface area (TPSA) is 96.9 Å². The predicted octanol–water partition coefficient (Wildman–Crippen LogP) is 0.880. The van der Waals surface area contributed by atoms with Crippen LogP contribution in [0.3, 0.4) is 0 Å². The molecule has 1 aromatic heterocycles. The highest BCUT2D eigenvalue weighted by Crippen LogP contribution is 2.18. The molecule has 118 valence electrons. The maximum atomic E-state index is 12.0. The van der Waals surface area contributed by atoms with E-state index in [2.05, 4.69) is 25.2 Å². The Hall–Kier alpha value is -1.28. The van der Waals surface area contributed by atoms with Crippen molar-refractivity contribution in [3.05, 3.63) is 11.4 Å². The summed E-state index contributed by atoms with van der Waals surface area (Å²) < 4.78 is 26.3. The van der Waals surface area contributed by atoms with E-state index in [0.29, 0.717) is 18.9 Å². The van der Waals surface area contributed by atoms with E-state index in [1.807, 2.05) is 13.8 Å². The van der Waals surface area contributed by atoms with Crippen LogP contribution in [0, 0.1) is 0 Å². The van der Waals surface area contributed by atoms with Crippen molar-refractivity contribution in [2.45, 2.75) is 52.0 Å². The standard InChI is InChI=1S/C13H23N5O2S/c1-3-11-12(4-2)16-17-13(15-11)18-21(19,20)9-5-8-14-10-6-7-10/h10,14H,3-9H2,1-2H3,(H,15,17,18). The first-order valence-corrected chi connectivity index (χ1v) is 9.15. The Labute approximate surface area is 126 Å². The minimum absolute atomic E-state index is 0.0626. The van der Waals surface area contributed by atoms with E-state index in [9.17, 15) is 8.42 Å². The van der Waals surface area contributed by atoms with Gasteiger partial charge in [0.1, 0.15) is 0 Å². The number of nitrogens with zero attached hydrogens (tertiary/aromatic N) is 3. The molecule has 21 heavy (non-hydrogen) atoms. The van der Waals surface area contributed by atoms with Gasteiger partial charge in [0, 0.05) is 6.04 Å². The SMILES string of the molecule is CCc1nnc(NS(=O)(=O)CCCNC2CC2)nc1CC. The van der Waals surface area contributed by atoms with Gasteiger partial charge < -0.3 is 5.32 Å². The van der Waals surface area contributed by atoms with Crippen LogP contribution < -0.4 is 10.0 Å². The van der Waals surface area contributed by atoms with Crippen molar-refractivity contribution in [3.63, 3.8) is 0 Å². The predicted molar refractivity (Wildman–Crippen MR) is 81.6 cm³/mol. The van der Waals surface area contributed by atoms with E-state index in [4.69, 9.17) is 0 Å². The molecule has 2 N–H and O–H groups in total. The van der Waals surface area contributed by atoms with Crippen molar-refractivity contribution in [1.29, 1.82) is 0 Å². The fraction of sp³-hybridized carbons (Fsp3) is 0.769. The van der Waals surface area contributed by atoms with Crippen LogP contribution in [0.4, 0.5) is 5.95 Å². The fourth-order valence-electron chi connectivity index (χ4n) is 2.03. The first-order valence-electron chi connectivity index (χ1n) is 7.50. The van der Waals surface area contributed by atoms with Gasteiger partial charge in [-0.25, -0.2) is 18.1 Å². The van der Waals surface area contributed by atoms with Crippen LogP contribution in [0.25, 0.3) is 0 Å². The zero-order chi connectivity index (χ0) is 15.3. The Kier molecular flexibility index (Phi) is 5.46. The maximum Gasteiger partial charge on any atom is 0.256 e. The third-order valence-corrected chi connectivity index (χ3v) is 4.68. The molecule has 0 bridgehead atoms. The van der Waals surface area contributed by atoms with Gasteiger partial charge >= 0.3 is 0 Å².